The number of nitrogens with one attached hydrogen (secondary N) is 1. The molecule has 0 aliphatic rings. The first-order valence-corrected chi connectivity index (χ1v) is 7.52. The van der Waals surface area contributed by atoms with Gasteiger partial charge in [-0.1, -0.05) is 26.0 Å². The van der Waals surface area contributed by atoms with Crippen LogP contribution in [-0.2, 0) is 4.79 Å². The van der Waals surface area contributed by atoms with Gasteiger partial charge < -0.3 is 11.1 Å². The van der Waals surface area contributed by atoms with E-state index >= 15 is 0 Å². The van der Waals surface area contributed by atoms with Gasteiger partial charge in [0, 0.05) is 30.2 Å². The number of hydrogen-bond donors (Lipinski definition) is 2. The predicted octanol–water partition coefficient (Wildman–Crippen LogP) is 2.85. The second-order valence-corrected chi connectivity index (χ2v) is 5.35. The smallest absolute Gasteiger partial charge is 0.231 e. The molecule has 2 aromatic rings. The van der Waals surface area contributed by atoms with Crippen molar-refractivity contribution in [1.82, 2.24) is 9.97 Å². The SMILES string of the molecule is CCC(CC)(CN)C(=O)Nc1ccc(-c2cncnc2)cc1. The van der Waals surface area contributed by atoms with Crippen LogP contribution in [-0.4, -0.2) is 22.4 Å². The summed E-state index contributed by atoms with van der Waals surface area (Å²) in [4.78, 5) is 20.5. The molecule has 116 valence electrons. The molecular formula is C17H22N4O. The summed E-state index contributed by atoms with van der Waals surface area (Å²) in [5.41, 5.74) is 8.04. The standard InChI is InChI=1S/C17H22N4O/c1-3-17(4-2,11-18)16(22)21-15-7-5-13(6-8-15)14-9-19-12-20-10-14/h5-10,12H,3-4,11,18H2,1-2H3,(H,21,22). The van der Waals surface area contributed by atoms with Crippen LogP contribution in [0.25, 0.3) is 11.1 Å². The molecule has 3 N–H and O–H groups in total. The van der Waals surface area contributed by atoms with E-state index in [-0.39, 0.29) is 5.91 Å². The van der Waals surface area contributed by atoms with Gasteiger partial charge in [-0.25, -0.2) is 9.97 Å². The molecule has 0 aliphatic heterocycles. The number of nitrogens with two attached hydrogens (primary N) is 1. The fourth-order valence-corrected chi connectivity index (χ4v) is 2.41. The number of amides is 1. The van der Waals surface area contributed by atoms with Gasteiger partial charge >= 0.3 is 0 Å². The van der Waals surface area contributed by atoms with E-state index in [0.717, 1.165) is 29.7 Å². The van der Waals surface area contributed by atoms with Crippen LogP contribution in [0, 0.1) is 5.41 Å². The second kappa shape index (κ2) is 7.13. The first kappa shape index (κ1) is 16.1. The number of benzene rings is 1. The van der Waals surface area contributed by atoms with Crippen molar-refractivity contribution in [3.8, 4) is 11.1 Å². The van der Waals surface area contributed by atoms with Crippen LogP contribution < -0.4 is 11.1 Å². The van der Waals surface area contributed by atoms with E-state index in [9.17, 15) is 4.79 Å². The number of nitrogens with zero attached hydrogens (tertiary/aromatic N) is 2. The van der Waals surface area contributed by atoms with Gasteiger partial charge in [-0.2, -0.15) is 0 Å². The minimum Gasteiger partial charge on any atom is -0.329 e. The molecule has 0 saturated carbocycles. The Kier molecular flexibility index (Phi) is 5.22. The molecule has 1 aromatic heterocycles. The molecule has 5 heteroatoms. The van der Waals surface area contributed by atoms with Crippen molar-refractivity contribution in [3.63, 3.8) is 0 Å². The molecule has 22 heavy (non-hydrogen) atoms. The summed E-state index contributed by atoms with van der Waals surface area (Å²) in [5, 5.41) is 2.96. The molecule has 0 fully saturated rings. The molecule has 0 spiro atoms. The van der Waals surface area contributed by atoms with E-state index < -0.39 is 5.41 Å². The third kappa shape index (κ3) is 3.31. The van der Waals surface area contributed by atoms with Gasteiger partial charge in [0.2, 0.25) is 5.91 Å². The Morgan fingerprint density at radius 1 is 1.09 bits per heavy atom. The maximum atomic E-state index is 12.5. The van der Waals surface area contributed by atoms with Gasteiger partial charge in [0.1, 0.15) is 6.33 Å². The van der Waals surface area contributed by atoms with Crippen LogP contribution in [0.15, 0.2) is 43.0 Å². The molecule has 0 radical (unpaired) electrons. The van der Waals surface area contributed by atoms with Gasteiger partial charge in [0.15, 0.2) is 0 Å². The monoisotopic (exact) mass is 298 g/mol. The number of carbonyl (C=O) groups is 1. The lowest BCUT2D eigenvalue weighted by molar-refractivity contribution is -0.125. The highest BCUT2D eigenvalue weighted by Gasteiger charge is 2.33. The molecule has 5 nitrogen and oxygen atoms in total. The van der Waals surface area contributed by atoms with Gasteiger partial charge in [-0.15, -0.1) is 0 Å². The molecule has 1 heterocycles. The number of rotatable bonds is 6. The fraction of sp³-hybridized carbons (Fsp3) is 0.353. The highest BCUT2D eigenvalue weighted by molar-refractivity contribution is 5.95. The van der Waals surface area contributed by atoms with Crippen LogP contribution >= 0.6 is 0 Å². The average molecular weight is 298 g/mol. The predicted molar refractivity (Wildman–Crippen MR) is 88.2 cm³/mol. The zero-order chi connectivity index (χ0) is 16.0. The maximum absolute atomic E-state index is 12.5. The average Bonchev–Trinajstić information content (AvgIpc) is 2.58. The van der Waals surface area contributed by atoms with E-state index in [2.05, 4.69) is 15.3 Å². The van der Waals surface area contributed by atoms with Gasteiger partial charge in [0.25, 0.3) is 0 Å². The van der Waals surface area contributed by atoms with Crippen molar-refractivity contribution < 1.29 is 4.79 Å². The Bertz CT molecular complexity index is 598. The van der Waals surface area contributed by atoms with E-state index in [1.54, 1.807) is 12.4 Å². The van der Waals surface area contributed by atoms with Crippen molar-refractivity contribution >= 4 is 11.6 Å². The minimum absolute atomic E-state index is 0.0178. The lowest BCUT2D eigenvalue weighted by Gasteiger charge is -2.28. The van der Waals surface area contributed by atoms with Crippen molar-refractivity contribution in [1.29, 1.82) is 0 Å². The van der Waals surface area contributed by atoms with Gasteiger partial charge in [-0.05, 0) is 30.5 Å². The van der Waals surface area contributed by atoms with Crippen LogP contribution in [0.2, 0.25) is 0 Å². The molecule has 0 bridgehead atoms. The Labute approximate surface area is 131 Å². The highest BCUT2D eigenvalue weighted by atomic mass is 16.2. The quantitative estimate of drug-likeness (QED) is 0.859. The molecule has 2 rings (SSSR count). The number of carbonyl (C=O) groups excluding carboxylic acids is 1. The van der Waals surface area contributed by atoms with Crippen molar-refractivity contribution in [2.75, 3.05) is 11.9 Å². The molecule has 0 saturated heterocycles. The molecule has 0 unspecified atom stereocenters. The normalized spacial score (nSPS) is 11.2. The fourth-order valence-electron chi connectivity index (χ4n) is 2.41. The largest absolute Gasteiger partial charge is 0.329 e. The molecule has 1 aromatic carbocycles. The summed E-state index contributed by atoms with van der Waals surface area (Å²) in [6.07, 6.45) is 6.47. The highest BCUT2D eigenvalue weighted by Crippen LogP contribution is 2.27. The van der Waals surface area contributed by atoms with Crippen LogP contribution in [0.3, 0.4) is 0 Å². The number of aromatic nitrogens is 2. The third-order valence-electron chi connectivity index (χ3n) is 4.26. The van der Waals surface area contributed by atoms with E-state index in [4.69, 9.17) is 5.73 Å². The van der Waals surface area contributed by atoms with Crippen molar-refractivity contribution in [2.45, 2.75) is 26.7 Å². The zero-order valence-corrected chi connectivity index (χ0v) is 13.0. The van der Waals surface area contributed by atoms with E-state index in [1.165, 1.54) is 6.33 Å². The lowest BCUT2D eigenvalue weighted by atomic mass is 9.81. The first-order valence-electron chi connectivity index (χ1n) is 7.52. The van der Waals surface area contributed by atoms with Crippen LogP contribution in [0.5, 0.6) is 0 Å². The first-order chi connectivity index (χ1) is 10.6. The Morgan fingerprint density at radius 3 is 2.18 bits per heavy atom. The van der Waals surface area contributed by atoms with Crippen molar-refractivity contribution in [2.24, 2.45) is 11.1 Å². The Morgan fingerprint density at radius 2 is 1.68 bits per heavy atom. The van der Waals surface area contributed by atoms with Crippen LogP contribution in [0.4, 0.5) is 5.69 Å². The Balaban J connectivity index is 2.13. The number of anilines is 1. The zero-order valence-electron chi connectivity index (χ0n) is 13.0. The summed E-state index contributed by atoms with van der Waals surface area (Å²) >= 11 is 0. The molecule has 0 aliphatic carbocycles. The van der Waals surface area contributed by atoms with Gasteiger partial charge in [-0.3, -0.25) is 4.79 Å². The topological polar surface area (TPSA) is 80.9 Å². The summed E-state index contributed by atoms with van der Waals surface area (Å²) in [5.74, 6) is -0.0178. The Hall–Kier alpha value is -2.27. The molecule has 0 atom stereocenters. The van der Waals surface area contributed by atoms with Crippen LogP contribution in [0.1, 0.15) is 26.7 Å². The number of hydrogen-bond acceptors (Lipinski definition) is 4. The summed E-state index contributed by atoms with van der Waals surface area (Å²) in [6.45, 7) is 4.34. The molecular weight excluding hydrogens is 276 g/mol. The lowest BCUT2D eigenvalue weighted by Crippen LogP contribution is -2.41. The summed E-state index contributed by atoms with van der Waals surface area (Å²) in [7, 11) is 0. The van der Waals surface area contributed by atoms with E-state index in [1.807, 2.05) is 38.1 Å². The van der Waals surface area contributed by atoms with Gasteiger partial charge in [0.05, 0.1) is 5.41 Å². The summed E-state index contributed by atoms with van der Waals surface area (Å²) < 4.78 is 0. The maximum Gasteiger partial charge on any atom is 0.231 e. The van der Waals surface area contributed by atoms with Crippen molar-refractivity contribution in [3.05, 3.63) is 43.0 Å². The minimum atomic E-state index is -0.494. The van der Waals surface area contributed by atoms with E-state index in [0.29, 0.717) is 6.54 Å². The second-order valence-electron chi connectivity index (χ2n) is 5.35. The third-order valence-corrected chi connectivity index (χ3v) is 4.26. The summed E-state index contributed by atoms with van der Waals surface area (Å²) in [6, 6.07) is 7.65. The molecule has 1 amide bonds.